The number of ether oxygens (including phenoxy) is 1. The molecule has 160 valence electrons. The molecule has 0 aliphatic carbocycles. The summed E-state index contributed by atoms with van der Waals surface area (Å²) in [5.74, 6) is 1.15. The third-order valence-electron chi connectivity index (χ3n) is 5.37. The van der Waals surface area contributed by atoms with E-state index in [1.807, 2.05) is 42.7 Å². The highest BCUT2D eigenvalue weighted by atomic mass is 79.9. The average Bonchev–Trinajstić information content (AvgIpc) is 2.70. The first kappa shape index (κ1) is 24.3. The normalized spacial score (nSPS) is 15.8. The molecule has 29 heavy (non-hydrogen) atoms. The van der Waals surface area contributed by atoms with Gasteiger partial charge < -0.3 is 13.6 Å². The summed E-state index contributed by atoms with van der Waals surface area (Å²) in [6.45, 7) is 11.0. The zero-order valence-corrected chi connectivity index (χ0v) is 22.6. The number of pyridine rings is 1. The van der Waals surface area contributed by atoms with Gasteiger partial charge >= 0.3 is 0 Å². The molecule has 0 aliphatic heterocycles. The molecule has 0 bridgehead atoms. The van der Waals surface area contributed by atoms with E-state index in [4.69, 9.17) is 13.6 Å². The van der Waals surface area contributed by atoms with Gasteiger partial charge in [0.15, 0.2) is 19.5 Å². The Labute approximate surface area is 188 Å². The van der Waals surface area contributed by atoms with Gasteiger partial charge in [-0.3, -0.25) is 4.98 Å². The Morgan fingerprint density at radius 2 is 1.72 bits per heavy atom. The summed E-state index contributed by atoms with van der Waals surface area (Å²) in [5.41, 5.74) is 1.08. The van der Waals surface area contributed by atoms with Gasteiger partial charge in [-0.2, -0.15) is 0 Å². The number of rotatable bonds is 12. The molecule has 4 nitrogen and oxygen atoms in total. The van der Waals surface area contributed by atoms with Crippen molar-refractivity contribution in [3.63, 3.8) is 0 Å². The van der Waals surface area contributed by atoms with Gasteiger partial charge in [-0.25, -0.2) is 0 Å². The quantitative estimate of drug-likeness (QED) is 0.320. The van der Waals surface area contributed by atoms with Gasteiger partial charge in [0.05, 0.1) is 6.10 Å². The average molecular weight is 497 g/mol. The molecule has 0 amide bonds. The van der Waals surface area contributed by atoms with Crippen LogP contribution in [0.2, 0.25) is 13.1 Å². The molecule has 2 unspecified atom stereocenters. The second-order valence-electron chi connectivity index (χ2n) is 7.85. The lowest BCUT2D eigenvalue weighted by molar-refractivity contribution is -0.123. The van der Waals surface area contributed by atoms with Crippen molar-refractivity contribution in [2.24, 2.45) is 11.3 Å². The first-order chi connectivity index (χ1) is 13.9. The van der Waals surface area contributed by atoms with Crippen molar-refractivity contribution in [3.8, 4) is 5.75 Å². The molecule has 0 spiro atoms. The SMILES string of the molecule is C[SiH2]OC(O[SiH2]C)C(C)(C)C(CCc1cccnc1)C(C)Oc1ccc(Br)cc1. The third kappa shape index (κ3) is 7.33. The molecule has 2 aromatic rings. The largest absolute Gasteiger partial charge is 0.490 e. The summed E-state index contributed by atoms with van der Waals surface area (Å²) in [5, 5.41) is 0. The number of halogens is 1. The molecule has 0 saturated heterocycles. The van der Waals surface area contributed by atoms with E-state index in [-0.39, 0.29) is 23.7 Å². The van der Waals surface area contributed by atoms with E-state index in [1.165, 1.54) is 5.56 Å². The van der Waals surface area contributed by atoms with Gasteiger partial charge in [0.1, 0.15) is 12.0 Å². The van der Waals surface area contributed by atoms with E-state index in [1.54, 1.807) is 0 Å². The zero-order valence-electron chi connectivity index (χ0n) is 18.2. The summed E-state index contributed by atoms with van der Waals surface area (Å²) in [6, 6.07) is 12.2. The molecule has 0 saturated carbocycles. The first-order valence-electron chi connectivity index (χ1n) is 10.4. The summed E-state index contributed by atoms with van der Waals surface area (Å²) in [4.78, 5) is 4.27. The fourth-order valence-corrected chi connectivity index (χ4v) is 5.96. The van der Waals surface area contributed by atoms with Gasteiger partial charge in [0.2, 0.25) is 0 Å². The van der Waals surface area contributed by atoms with E-state index < -0.39 is 19.5 Å². The van der Waals surface area contributed by atoms with Crippen LogP contribution in [0.5, 0.6) is 5.75 Å². The van der Waals surface area contributed by atoms with E-state index in [2.05, 4.69) is 60.8 Å². The van der Waals surface area contributed by atoms with Gasteiger partial charge in [-0.1, -0.05) is 48.9 Å². The molecular weight excluding hydrogens is 462 g/mol. The smallest absolute Gasteiger partial charge is 0.161 e. The predicted molar refractivity (Wildman–Crippen MR) is 129 cm³/mol. The molecule has 1 aromatic heterocycles. The minimum Gasteiger partial charge on any atom is -0.490 e. The van der Waals surface area contributed by atoms with E-state index in [9.17, 15) is 0 Å². The van der Waals surface area contributed by atoms with Crippen LogP contribution >= 0.6 is 15.9 Å². The summed E-state index contributed by atoms with van der Waals surface area (Å²) in [6.07, 6.45) is 5.57. The Balaban J connectivity index is 2.23. The lowest BCUT2D eigenvalue weighted by Gasteiger charge is -2.43. The third-order valence-corrected chi connectivity index (χ3v) is 7.17. The molecule has 2 atom stereocenters. The Hall–Kier alpha value is -0.996. The van der Waals surface area contributed by atoms with Crippen LogP contribution in [0.3, 0.4) is 0 Å². The first-order valence-corrected chi connectivity index (χ1v) is 15.2. The van der Waals surface area contributed by atoms with Crippen LogP contribution in [0.1, 0.15) is 32.8 Å². The lowest BCUT2D eigenvalue weighted by atomic mass is 9.72. The van der Waals surface area contributed by atoms with Crippen LogP contribution in [0.15, 0.2) is 53.3 Å². The minimum absolute atomic E-state index is 0.0228. The summed E-state index contributed by atoms with van der Waals surface area (Å²) >= 11 is 3.49. The topological polar surface area (TPSA) is 40.6 Å². The molecule has 1 aromatic carbocycles. The lowest BCUT2D eigenvalue weighted by Crippen LogP contribution is -2.46. The minimum atomic E-state index is -0.575. The van der Waals surface area contributed by atoms with Crippen LogP contribution in [0.25, 0.3) is 0 Å². The Morgan fingerprint density at radius 3 is 2.28 bits per heavy atom. The fourth-order valence-electron chi connectivity index (χ4n) is 3.84. The Kier molecular flexibility index (Phi) is 10.0. The zero-order chi connectivity index (χ0) is 21.3. The standard InChI is InChI=1S/C22H34BrNO3Si2/c1-16(25-19-11-9-18(23)10-12-19)20(13-8-17-7-6-14-24-15-17)22(2,3)21(26-28-4)27-29-5/h6-7,9-12,14-16,20-21H,8,13,28-29H2,1-5H3. The van der Waals surface area contributed by atoms with Crippen LogP contribution in [-0.4, -0.2) is 36.9 Å². The van der Waals surface area contributed by atoms with Crippen molar-refractivity contribution in [3.05, 3.63) is 58.8 Å². The number of aryl methyl sites for hydroxylation is 1. The van der Waals surface area contributed by atoms with Gasteiger partial charge in [-0.05, 0) is 55.7 Å². The van der Waals surface area contributed by atoms with Crippen molar-refractivity contribution < 1.29 is 13.6 Å². The molecule has 2 rings (SSSR count). The molecule has 1 heterocycles. The van der Waals surface area contributed by atoms with Crippen molar-refractivity contribution in [2.75, 3.05) is 0 Å². The van der Waals surface area contributed by atoms with Crippen molar-refractivity contribution >= 4 is 35.5 Å². The highest BCUT2D eigenvalue weighted by Crippen LogP contribution is 2.39. The summed E-state index contributed by atoms with van der Waals surface area (Å²) in [7, 11) is -1.15. The van der Waals surface area contributed by atoms with Crippen LogP contribution in [0, 0.1) is 11.3 Å². The maximum atomic E-state index is 6.39. The van der Waals surface area contributed by atoms with Crippen molar-refractivity contribution in [1.29, 1.82) is 0 Å². The van der Waals surface area contributed by atoms with Crippen LogP contribution < -0.4 is 4.74 Å². The Morgan fingerprint density at radius 1 is 1.07 bits per heavy atom. The highest BCUT2D eigenvalue weighted by Gasteiger charge is 2.41. The molecule has 7 heteroatoms. The number of hydrogen-bond donors (Lipinski definition) is 0. The molecule has 0 aliphatic rings. The van der Waals surface area contributed by atoms with E-state index >= 15 is 0 Å². The number of benzene rings is 1. The number of nitrogens with zero attached hydrogens (tertiary/aromatic N) is 1. The van der Waals surface area contributed by atoms with Crippen LogP contribution in [-0.2, 0) is 15.3 Å². The summed E-state index contributed by atoms with van der Waals surface area (Å²) < 4.78 is 19.8. The number of hydrogen-bond acceptors (Lipinski definition) is 4. The van der Waals surface area contributed by atoms with Gasteiger partial charge in [-0.15, -0.1) is 0 Å². The van der Waals surface area contributed by atoms with E-state index in [0.29, 0.717) is 0 Å². The van der Waals surface area contributed by atoms with E-state index in [0.717, 1.165) is 23.1 Å². The maximum Gasteiger partial charge on any atom is 0.161 e. The fraction of sp³-hybridized carbons (Fsp3) is 0.500. The molecular formula is C22H34BrNO3Si2. The second-order valence-corrected chi connectivity index (χ2v) is 10.6. The van der Waals surface area contributed by atoms with Crippen molar-refractivity contribution in [1.82, 2.24) is 4.98 Å². The number of aromatic nitrogens is 1. The van der Waals surface area contributed by atoms with Crippen LogP contribution in [0.4, 0.5) is 0 Å². The van der Waals surface area contributed by atoms with Gasteiger partial charge in [0, 0.05) is 28.2 Å². The predicted octanol–water partition coefficient (Wildman–Crippen LogP) is 4.51. The van der Waals surface area contributed by atoms with Crippen molar-refractivity contribution in [2.45, 2.75) is 59.1 Å². The molecule has 0 N–H and O–H groups in total. The molecule has 0 fully saturated rings. The highest BCUT2D eigenvalue weighted by molar-refractivity contribution is 9.10. The second kappa shape index (κ2) is 12.0. The monoisotopic (exact) mass is 495 g/mol. The molecule has 0 radical (unpaired) electrons. The maximum absolute atomic E-state index is 6.39. The Bertz CT molecular complexity index is 710. The van der Waals surface area contributed by atoms with Gasteiger partial charge in [0.25, 0.3) is 0 Å².